The van der Waals surface area contributed by atoms with Gasteiger partial charge in [-0.3, -0.25) is 9.59 Å². The molecule has 6 heteroatoms. The highest BCUT2D eigenvalue weighted by molar-refractivity contribution is 5.89. The van der Waals surface area contributed by atoms with Crippen LogP contribution in [-0.2, 0) is 22.7 Å². The van der Waals surface area contributed by atoms with Gasteiger partial charge >= 0.3 is 0 Å². The third kappa shape index (κ3) is 4.16. The molecule has 6 nitrogen and oxygen atoms in total. The molecule has 1 saturated heterocycles. The Morgan fingerprint density at radius 2 is 1.86 bits per heavy atom. The minimum Gasteiger partial charge on any atom is -0.352 e. The number of nitrogens with one attached hydrogen (secondary N) is 1. The van der Waals surface area contributed by atoms with E-state index in [4.69, 9.17) is 0 Å². The van der Waals surface area contributed by atoms with Crippen molar-refractivity contribution in [3.63, 3.8) is 0 Å². The van der Waals surface area contributed by atoms with E-state index in [2.05, 4.69) is 33.1 Å². The van der Waals surface area contributed by atoms with Crippen LogP contribution in [0.5, 0.6) is 0 Å². The predicted molar refractivity (Wildman–Crippen MR) is 112 cm³/mol. The number of carbonyl (C=O) groups is 2. The lowest BCUT2D eigenvalue weighted by molar-refractivity contribution is -0.129. The quantitative estimate of drug-likeness (QED) is 0.704. The Kier molecular flexibility index (Phi) is 5.34. The maximum Gasteiger partial charge on any atom is 0.225 e. The van der Waals surface area contributed by atoms with Crippen LogP contribution < -0.4 is 5.32 Å². The second kappa shape index (κ2) is 8.07. The van der Waals surface area contributed by atoms with E-state index in [1.807, 2.05) is 50.5 Å². The average Bonchev–Trinajstić information content (AvgIpc) is 3.31. The molecule has 150 valence electrons. The smallest absolute Gasteiger partial charge is 0.225 e. The number of fused-ring (bicyclic) bond motifs is 1. The molecule has 1 aromatic heterocycles. The third-order valence-electron chi connectivity index (χ3n) is 5.52. The highest BCUT2D eigenvalue weighted by atomic mass is 16.2. The van der Waals surface area contributed by atoms with Gasteiger partial charge in [-0.15, -0.1) is 0 Å². The van der Waals surface area contributed by atoms with E-state index in [0.29, 0.717) is 19.5 Å². The zero-order valence-electron chi connectivity index (χ0n) is 16.8. The van der Waals surface area contributed by atoms with Gasteiger partial charge in [0, 0.05) is 32.1 Å². The van der Waals surface area contributed by atoms with E-state index in [1.54, 1.807) is 4.90 Å². The lowest BCUT2D eigenvalue weighted by Crippen LogP contribution is -2.35. The summed E-state index contributed by atoms with van der Waals surface area (Å²) in [6.45, 7) is 5.70. The summed E-state index contributed by atoms with van der Waals surface area (Å²) in [5.74, 6) is -0.231. The minimum absolute atomic E-state index is 0.0459. The largest absolute Gasteiger partial charge is 0.352 e. The van der Waals surface area contributed by atoms with Gasteiger partial charge < -0.3 is 14.8 Å². The van der Waals surface area contributed by atoms with E-state index in [9.17, 15) is 9.59 Å². The van der Waals surface area contributed by atoms with Gasteiger partial charge in [-0.25, -0.2) is 4.98 Å². The first-order valence-electron chi connectivity index (χ1n) is 10.1. The first-order valence-corrected chi connectivity index (χ1v) is 10.1. The van der Waals surface area contributed by atoms with Gasteiger partial charge in [-0.05, 0) is 37.1 Å². The van der Waals surface area contributed by atoms with Gasteiger partial charge in [0.15, 0.2) is 0 Å². The summed E-state index contributed by atoms with van der Waals surface area (Å²) in [6.07, 6.45) is 2.17. The summed E-state index contributed by atoms with van der Waals surface area (Å²) >= 11 is 0. The summed E-state index contributed by atoms with van der Waals surface area (Å²) in [7, 11) is 0. The molecule has 1 N–H and O–H groups in total. The van der Waals surface area contributed by atoms with Gasteiger partial charge in [0.1, 0.15) is 0 Å². The summed E-state index contributed by atoms with van der Waals surface area (Å²) in [6, 6.07) is 16.5. The fraction of sp³-hybridized carbons (Fsp3) is 0.348. The van der Waals surface area contributed by atoms with Crippen LogP contribution in [0, 0.1) is 5.92 Å². The maximum absolute atomic E-state index is 12.4. The molecule has 0 radical (unpaired) electrons. The number of para-hydroxylation sites is 2. The van der Waals surface area contributed by atoms with Crippen LogP contribution in [0.1, 0.15) is 31.4 Å². The molecule has 1 aliphatic heterocycles. The van der Waals surface area contributed by atoms with E-state index in [1.165, 1.54) is 5.56 Å². The molecule has 4 rings (SSSR count). The second-order valence-corrected chi connectivity index (χ2v) is 7.94. The SMILES string of the molecule is CC(C)N1C[C@@H](C(=O)NCc2ccc(Cn3cnc4ccccc43)cc2)CC1=O. The average molecular weight is 390 g/mol. The lowest BCUT2D eigenvalue weighted by Gasteiger charge is -2.20. The van der Waals surface area contributed by atoms with Crippen molar-refractivity contribution in [2.75, 3.05) is 6.54 Å². The lowest BCUT2D eigenvalue weighted by atomic mass is 10.1. The van der Waals surface area contributed by atoms with Crippen molar-refractivity contribution in [3.8, 4) is 0 Å². The Morgan fingerprint density at radius 3 is 2.59 bits per heavy atom. The van der Waals surface area contributed by atoms with Gasteiger partial charge in [0.05, 0.1) is 23.3 Å². The van der Waals surface area contributed by atoms with E-state index < -0.39 is 0 Å². The van der Waals surface area contributed by atoms with Crippen LogP contribution in [0.4, 0.5) is 0 Å². The molecule has 2 amide bonds. The molecule has 1 fully saturated rings. The van der Waals surface area contributed by atoms with Crippen molar-refractivity contribution in [2.24, 2.45) is 5.92 Å². The fourth-order valence-electron chi connectivity index (χ4n) is 3.84. The number of imidazole rings is 1. The monoisotopic (exact) mass is 390 g/mol. The Morgan fingerprint density at radius 1 is 1.14 bits per heavy atom. The normalized spacial score (nSPS) is 16.7. The molecule has 0 aliphatic carbocycles. The molecule has 0 bridgehead atoms. The van der Waals surface area contributed by atoms with E-state index in [-0.39, 0.29) is 23.8 Å². The molecule has 3 aromatic rings. The molecular weight excluding hydrogens is 364 g/mol. The molecule has 0 spiro atoms. The summed E-state index contributed by atoms with van der Waals surface area (Å²) < 4.78 is 2.13. The van der Waals surface area contributed by atoms with E-state index >= 15 is 0 Å². The first-order chi connectivity index (χ1) is 14.0. The van der Waals surface area contributed by atoms with Crippen LogP contribution in [0.15, 0.2) is 54.9 Å². The van der Waals surface area contributed by atoms with Crippen molar-refractivity contribution in [1.82, 2.24) is 19.8 Å². The first kappa shape index (κ1) is 19.2. The third-order valence-corrected chi connectivity index (χ3v) is 5.52. The van der Waals surface area contributed by atoms with Crippen LogP contribution in [0.3, 0.4) is 0 Å². The van der Waals surface area contributed by atoms with Crippen LogP contribution in [0.25, 0.3) is 11.0 Å². The minimum atomic E-state index is -0.251. The van der Waals surface area contributed by atoms with Crippen molar-refractivity contribution in [1.29, 1.82) is 0 Å². The molecule has 2 aromatic carbocycles. The summed E-state index contributed by atoms with van der Waals surface area (Å²) in [4.78, 5) is 30.6. The molecule has 1 atom stereocenters. The van der Waals surface area contributed by atoms with Gasteiger partial charge in [0.25, 0.3) is 0 Å². The topological polar surface area (TPSA) is 67.2 Å². The van der Waals surface area contributed by atoms with Gasteiger partial charge in [-0.1, -0.05) is 36.4 Å². The maximum atomic E-state index is 12.4. The number of likely N-dealkylation sites (tertiary alicyclic amines) is 1. The summed E-state index contributed by atoms with van der Waals surface area (Å²) in [5.41, 5.74) is 4.33. The Hall–Kier alpha value is -3.15. The summed E-state index contributed by atoms with van der Waals surface area (Å²) in [5, 5.41) is 2.98. The standard InChI is InChI=1S/C23H26N4O2/c1-16(2)27-14-19(11-22(27)28)23(29)24-12-17-7-9-18(10-8-17)13-26-15-25-20-5-3-4-6-21(20)26/h3-10,15-16,19H,11-14H2,1-2H3,(H,24,29)/t19-/m0/s1. The highest BCUT2D eigenvalue weighted by Gasteiger charge is 2.35. The predicted octanol–water partition coefficient (Wildman–Crippen LogP) is 2.96. The number of amides is 2. The Labute approximate surface area is 170 Å². The zero-order valence-corrected chi connectivity index (χ0v) is 16.8. The number of benzene rings is 2. The molecule has 0 saturated carbocycles. The second-order valence-electron chi connectivity index (χ2n) is 7.94. The number of hydrogen-bond donors (Lipinski definition) is 1. The fourth-order valence-corrected chi connectivity index (χ4v) is 3.84. The number of carbonyl (C=O) groups excluding carboxylic acids is 2. The van der Waals surface area contributed by atoms with E-state index in [0.717, 1.165) is 23.1 Å². The Balaban J connectivity index is 1.33. The molecule has 0 unspecified atom stereocenters. The van der Waals surface area contributed by atoms with Crippen LogP contribution in [-0.4, -0.2) is 38.9 Å². The van der Waals surface area contributed by atoms with Crippen molar-refractivity contribution in [2.45, 2.75) is 39.4 Å². The number of aromatic nitrogens is 2. The van der Waals surface area contributed by atoms with Crippen molar-refractivity contribution >= 4 is 22.8 Å². The molecule has 2 heterocycles. The highest BCUT2D eigenvalue weighted by Crippen LogP contribution is 2.20. The molecule has 1 aliphatic rings. The van der Waals surface area contributed by atoms with Crippen LogP contribution >= 0.6 is 0 Å². The van der Waals surface area contributed by atoms with Crippen LogP contribution in [0.2, 0.25) is 0 Å². The number of hydrogen-bond acceptors (Lipinski definition) is 3. The van der Waals surface area contributed by atoms with Crippen molar-refractivity contribution < 1.29 is 9.59 Å². The molecular formula is C23H26N4O2. The van der Waals surface area contributed by atoms with Gasteiger partial charge in [0.2, 0.25) is 11.8 Å². The zero-order chi connectivity index (χ0) is 20.4. The van der Waals surface area contributed by atoms with Crippen molar-refractivity contribution in [3.05, 3.63) is 66.0 Å². The number of rotatable bonds is 6. The Bertz CT molecular complexity index is 1020. The molecule has 29 heavy (non-hydrogen) atoms. The number of nitrogens with zero attached hydrogens (tertiary/aromatic N) is 3. The van der Waals surface area contributed by atoms with Gasteiger partial charge in [-0.2, -0.15) is 0 Å².